The van der Waals surface area contributed by atoms with E-state index < -0.39 is 16.1 Å². The smallest absolute Gasteiger partial charge is 0.242 e. The highest BCUT2D eigenvalue weighted by atomic mass is 35.5. The molecule has 128 valence electrons. The van der Waals surface area contributed by atoms with Gasteiger partial charge in [-0.3, -0.25) is 4.98 Å². The van der Waals surface area contributed by atoms with Crippen molar-refractivity contribution in [2.45, 2.75) is 36.8 Å². The zero-order valence-electron chi connectivity index (χ0n) is 13.2. The lowest BCUT2D eigenvalue weighted by molar-refractivity contribution is 0.0273. The summed E-state index contributed by atoms with van der Waals surface area (Å²) in [5, 5.41) is 9.79. The Hall–Kier alpha value is -1.47. The van der Waals surface area contributed by atoms with Crippen molar-refractivity contribution < 1.29 is 13.5 Å². The summed E-state index contributed by atoms with van der Waals surface area (Å²) in [6, 6.07) is 9.89. The van der Waals surface area contributed by atoms with Gasteiger partial charge in [-0.25, -0.2) is 13.1 Å². The fourth-order valence-electron chi connectivity index (χ4n) is 3.04. The van der Waals surface area contributed by atoms with Crippen LogP contribution in [0.5, 0.6) is 0 Å². The Kier molecular flexibility index (Phi) is 4.92. The molecule has 0 amide bonds. The lowest BCUT2D eigenvalue weighted by atomic mass is 9.76. The van der Waals surface area contributed by atoms with Crippen molar-refractivity contribution in [3.63, 3.8) is 0 Å². The predicted octanol–water partition coefficient (Wildman–Crippen LogP) is 2.83. The van der Waals surface area contributed by atoms with Crippen LogP contribution < -0.4 is 4.72 Å². The van der Waals surface area contributed by atoms with Gasteiger partial charge in [-0.2, -0.15) is 0 Å². The largest absolute Gasteiger partial charge is 0.393 e. The molecule has 5 nitrogen and oxygen atoms in total. The van der Waals surface area contributed by atoms with Gasteiger partial charge < -0.3 is 5.11 Å². The highest BCUT2D eigenvalue weighted by molar-refractivity contribution is 7.89. The maximum atomic E-state index is 12.9. The molecule has 2 N–H and O–H groups in total. The van der Waals surface area contributed by atoms with Crippen molar-refractivity contribution in [1.82, 2.24) is 9.71 Å². The second kappa shape index (κ2) is 6.80. The molecule has 1 atom stereocenters. The van der Waals surface area contributed by atoms with Crippen LogP contribution in [0.1, 0.15) is 30.1 Å². The number of hydrogen-bond acceptors (Lipinski definition) is 4. The molecular formula is C17H19ClN2O3S. The molecule has 1 fully saturated rings. The maximum absolute atomic E-state index is 12.9. The van der Waals surface area contributed by atoms with Gasteiger partial charge >= 0.3 is 0 Å². The number of nitrogens with one attached hydrogen (secondary N) is 1. The molecule has 0 radical (unpaired) electrons. The summed E-state index contributed by atoms with van der Waals surface area (Å²) in [7, 11) is -3.81. The van der Waals surface area contributed by atoms with Crippen molar-refractivity contribution in [3.8, 4) is 0 Å². The first-order valence-electron chi connectivity index (χ1n) is 7.75. The highest BCUT2D eigenvalue weighted by Gasteiger charge is 2.38. The Balaban J connectivity index is 1.95. The van der Waals surface area contributed by atoms with Crippen LogP contribution in [0.2, 0.25) is 5.02 Å². The van der Waals surface area contributed by atoms with E-state index in [0.717, 1.165) is 0 Å². The Labute approximate surface area is 146 Å². The Bertz CT molecular complexity index is 801. The Morgan fingerprint density at radius 1 is 1.25 bits per heavy atom. The van der Waals surface area contributed by atoms with E-state index in [1.54, 1.807) is 43.5 Å². The van der Waals surface area contributed by atoms with E-state index in [-0.39, 0.29) is 21.9 Å². The molecule has 1 saturated carbocycles. The van der Waals surface area contributed by atoms with Crippen LogP contribution in [0, 0.1) is 12.8 Å². The molecule has 0 spiro atoms. The van der Waals surface area contributed by atoms with Gasteiger partial charge in [0, 0.05) is 6.20 Å². The number of aromatic nitrogens is 1. The standard InChI is InChI=1S/C17H19ClN2O3S/c1-11-5-4-6-14(18)17(11)24(22,23)20-16(12-9-13(21)10-12)15-7-2-3-8-19-15/h2-8,12-13,16,20-21H,9-10H2,1H3/t12?,13?,16-/m0/s1. The minimum Gasteiger partial charge on any atom is -0.393 e. The number of halogens is 1. The molecular weight excluding hydrogens is 348 g/mol. The van der Waals surface area contributed by atoms with Crippen molar-refractivity contribution in [2.75, 3.05) is 0 Å². The fraction of sp³-hybridized carbons (Fsp3) is 0.353. The number of pyridine rings is 1. The Morgan fingerprint density at radius 3 is 2.58 bits per heavy atom. The first kappa shape index (κ1) is 17.4. The van der Waals surface area contributed by atoms with Crippen molar-refractivity contribution in [1.29, 1.82) is 0 Å². The highest BCUT2D eigenvalue weighted by Crippen LogP contribution is 2.38. The quantitative estimate of drug-likeness (QED) is 0.852. The van der Waals surface area contributed by atoms with Gasteiger partial charge in [0.1, 0.15) is 4.90 Å². The third-order valence-electron chi connectivity index (χ3n) is 4.34. The molecule has 0 aliphatic heterocycles. The van der Waals surface area contributed by atoms with Crippen LogP contribution in [0.4, 0.5) is 0 Å². The number of aryl methyl sites for hydroxylation is 1. The normalized spacial score (nSPS) is 22.0. The zero-order chi connectivity index (χ0) is 17.3. The fourth-order valence-corrected chi connectivity index (χ4v) is 5.15. The van der Waals surface area contributed by atoms with Crippen LogP contribution >= 0.6 is 11.6 Å². The van der Waals surface area contributed by atoms with Crippen LogP contribution in [-0.4, -0.2) is 24.6 Å². The first-order chi connectivity index (χ1) is 11.4. The van der Waals surface area contributed by atoms with Crippen molar-refractivity contribution >= 4 is 21.6 Å². The zero-order valence-corrected chi connectivity index (χ0v) is 14.8. The number of nitrogens with zero attached hydrogens (tertiary/aromatic N) is 1. The van der Waals surface area contributed by atoms with Crippen LogP contribution in [-0.2, 0) is 10.0 Å². The van der Waals surface area contributed by atoms with Gasteiger partial charge in [-0.05, 0) is 49.4 Å². The van der Waals surface area contributed by atoms with E-state index in [9.17, 15) is 13.5 Å². The molecule has 3 rings (SSSR count). The van der Waals surface area contributed by atoms with Crippen LogP contribution in [0.25, 0.3) is 0 Å². The van der Waals surface area contributed by atoms with Gasteiger partial charge in [0.25, 0.3) is 0 Å². The number of hydrogen-bond donors (Lipinski definition) is 2. The maximum Gasteiger partial charge on any atom is 0.242 e. The van der Waals surface area contributed by atoms with Gasteiger partial charge in [0.15, 0.2) is 0 Å². The molecule has 1 aliphatic rings. The average Bonchev–Trinajstić information content (AvgIpc) is 2.50. The lowest BCUT2D eigenvalue weighted by Gasteiger charge is -2.37. The van der Waals surface area contributed by atoms with Crippen LogP contribution in [0.15, 0.2) is 47.5 Å². The van der Waals surface area contributed by atoms with Gasteiger partial charge in [0.2, 0.25) is 10.0 Å². The number of aliphatic hydroxyl groups is 1. The van der Waals surface area contributed by atoms with Crippen LogP contribution in [0.3, 0.4) is 0 Å². The summed E-state index contributed by atoms with van der Waals surface area (Å²) in [5.74, 6) is 0.00692. The third kappa shape index (κ3) is 3.47. The summed E-state index contributed by atoms with van der Waals surface area (Å²) in [4.78, 5) is 4.38. The monoisotopic (exact) mass is 366 g/mol. The lowest BCUT2D eigenvalue weighted by Crippen LogP contribution is -2.41. The van der Waals surface area contributed by atoms with Gasteiger partial charge in [0.05, 0.1) is 22.9 Å². The summed E-state index contributed by atoms with van der Waals surface area (Å²) in [6.07, 6.45) is 2.34. The molecule has 1 aromatic heterocycles. The number of aliphatic hydroxyl groups excluding tert-OH is 1. The molecule has 0 unspecified atom stereocenters. The molecule has 1 aromatic carbocycles. The summed E-state index contributed by atoms with van der Waals surface area (Å²) in [5.41, 5.74) is 1.23. The molecule has 0 saturated heterocycles. The molecule has 1 heterocycles. The Morgan fingerprint density at radius 2 is 2.00 bits per heavy atom. The van der Waals surface area contributed by atoms with E-state index in [2.05, 4.69) is 9.71 Å². The second-order valence-corrected chi connectivity index (χ2v) is 8.18. The molecule has 0 bridgehead atoms. The molecule has 2 aromatic rings. The van der Waals surface area contributed by atoms with E-state index in [4.69, 9.17) is 11.6 Å². The van der Waals surface area contributed by atoms with E-state index in [1.165, 1.54) is 0 Å². The number of rotatable bonds is 5. The second-order valence-electron chi connectivity index (χ2n) is 6.12. The number of sulfonamides is 1. The summed E-state index contributed by atoms with van der Waals surface area (Å²) in [6.45, 7) is 1.71. The number of benzene rings is 1. The van der Waals surface area contributed by atoms with E-state index >= 15 is 0 Å². The summed E-state index contributed by atoms with van der Waals surface area (Å²) >= 11 is 6.12. The van der Waals surface area contributed by atoms with E-state index in [1.807, 2.05) is 6.07 Å². The molecule has 24 heavy (non-hydrogen) atoms. The molecule has 7 heteroatoms. The topological polar surface area (TPSA) is 79.3 Å². The van der Waals surface area contributed by atoms with Crippen molar-refractivity contribution in [2.24, 2.45) is 5.92 Å². The van der Waals surface area contributed by atoms with E-state index in [0.29, 0.717) is 24.1 Å². The minimum absolute atomic E-state index is 0.00692. The van der Waals surface area contributed by atoms with Gasteiger partial charge in [-0.15, -0.1) is 0 Å². The molecule has 1 aliphatic carbocycles. The summed E-state index contributed by atoms with van der Waals surface area (Å²) < 4.78 is 28.5. The minimum atomic E-state index is -3.81. The van der Waals surface area contributed by atoms with Gasteiger partial charge in [-0.1, -0.05) is 29.8 Å². The predicted molar refractivity (Wildman–Crippen MR) is 92.2 cm³/mol. The third-order valence-corrected chi connectivity index (χ3v) is 6.41. The average molecular weight is 367 g/mol. The SMILES string of the molecule is Cc1cccc(Cl)c1S(=O)(=O)N[C@H](c1ccccn1)C1CC(O)C1. The van der Waals surface area contributed by atoms with Crippen molar-refractivity contribution in [3.05, 3.63) is 58.9 Å². The first-order valence-corrected chi connectivity index (χ1v) is 9.61.